The summed E-state index contributed by atoms with van der Waals surface area (Å²) in [5, 5.41) is 0. The molecule has 0 aromatic heterocycles. The number of rotatable bonds is 1. The van der Waals surface area contributed by atoms with Gasteiger partial charge >= 0.3 is 0 Å². The molecular formula is C5H11ClFNS. The van der Waals surface area contributed by atoms with Crippen LogP contribution in [0.4, 0.5) is 4.39 Å². The molecule has 1 heterocycles. The van der Waals surface area contributed by atoms with Crippen molar-refractivity contribution in [2.24, 2.45) is 11.7 Å². The molecule has 1 aliphatic heterocycles. The van der Waals surface area contributed by atoms with Crippen molar-refractivity contribution in [2.45, 2.75) is 6.17 Å². The molecule has 9 heavy (non-hydrogen) atoms. The van der Waals surface area contributed by atoms with Crippen molar-refractivity contribution in [1.82, 2.24) is 0 Å². The van der Waals surface area contributed by atoms with E-state index >= 15 is 0 Å². The van der Waals surface area contributed by atoms with Crippen molar-refractivity contribution < 1.29 is 4.39 Å². The molecule has 4 heteroatoms. The van der Waals surface area contributed by atoms with Gasteiger partial charge in [0.15, 0.2) is 0 Å². The Morgan fingerprint density at radius 3 is 2.44 bits per heavy atom. The van der Waals surface area contributed by atoms with E-state index in [0.29, 0.717) is 12.3 Å². The summed E-state index contributed by atoms with van der Waals surface area (Å²) < 4.78 is 12.5. The minimum atomic E-state index is -0.634. The molecule has 1 nitrogen and oxygen atoms in total. The number of halogens is 2. The first-order chi connectivity index (χ1) is 3.84. The predicted octanol–water partition coefficient (Wildman–Crippen LogP) is 1.07. The average Bonchev–Trinajstić information content (AvgIpc) is 2.14. The molecule has 2 N–H and O–H groups in total. The summed E-state index contributed by atoms with van der Waals surface area (Å²) in [4.78, 5) is 0. The number of hydrogen-bond acceptors (Lipinski definition) is 2. The molecule has 1 saturated heterocycles. The highest BCUT2D eigenvalue weighted by atomic mass is 35.5. The van der Waals surface area contributed by atoms with Crippen molar-refractivity contribution in [3.8, 4) is 0 Å². The van der Waals surface area contributed by atoms with E-state index < -0.39 is 6.17 Å². The zero-order chi connectivity index (χ0) is 5.98. The first-order valence-electron chi connectivity index (χ1n) is 2.76. The Hall–Kier alpha value is 0.530. The minimum Gasteiger partial charge on any atom is -0.330 e. The first-order valence-corrected chi connectivity index (χ1v) is 3.92. The van der Waals surface area contributed by atoms with Crippen molar-refractivity contribution in [2.75, 3.05) is 18.1 Å². The van der Waals surface area contributed by atoms with Gasteiger partial charge in [-0.15, -0.1) is 12.4 Å². The van der Waals surface area contributed by atoms with Gasteiger partial charge in [-0.3, -0.25) is 0 Å². The van der Waals surface area contributed by atoms with Crippen molar-refractivity contribution >= 4 is 24.2 Å². The van der Waals surface area contributed by atoms with Gasteiger partial charge < -0.3 is 5.73 Å². The van der Waals surface area contributed by atoms with Crippen LogP contribution in [0.3, 0.4) is 0 Å². The Morgan fingerprint density at radius 1 is 1.56 bits per heavy atom. The maximum Gasteiger partial charge on any atom is 0.114 e. The summed E-state index contributed by atoms with van der Waals surface area (Å²) in [6, 6.07) is 0. The predicted molar refractivity (Wildman–Crippen MR) is 42.0 cm³/mol. The number of thioether (sulfide) groups is 1. The smallest absolute Gasteiger partial charge is 0.114 e. The van der Waals surface area contributed by atoms with Crippen LogP contribution >= 0.6 is 24.2 Å². The molecule has 0 aromatic rings. The Kier molecular flexibility index (Phi) is 4.62. The van der Waals surface area contributed by atoms with Gasteiger partial charge in [-0.2, -0.15) is 11.8 Å². The second-order valence-electron chi connectivity index (χ2n) is 2.05. The van der Waals surface area contributed by atoms with E-state index in [1.807, 2.05) is 0 Å². The first kappa shape index (κ1) is 9.53. The van der Waals surface area contributed by atoms with Gasteiger partial charge in [0.1, 0.15) is 6.17 Å². The van der Waals surface area contributed by atoms with Crippen LogP contribution in [-0.4, -0.2) is 24.2 Å². The Morgan fingerprint density at radius 2 is 2.22 bits per heavy atom. The zero-order valence-electron chi connectivity index (χ0n) is 5.05. The molecule has 0 spiro atoms. The fourth-order valence-electron chi connectivity index (χ4n) is 0.788. The van der Waals surface area contributed by atoms with E-state index in [4.69, 9.17) is 5.73 Å². The molecule has 1 aliphatic rings. The summed E-state index contributed by atoms with van der Waals surface area (Å²) in [6.45, 7) is 0.508. The van der Waals surface area contributed by atoms with Crippen LogP contribution in [0.15, 0.2) is 0 Å². The largest absolute Gasteiger partial charge is 0.330 e. The fraction of sp³-hybridized carbons (Fsp3) is 1.00. The summed E-state index contributed by atoms with van der Waals surface area (Å²) in [5.41, 5.74) is 5.27. The van der Waals surface area contributed by atoms with Gasteiger partial charge in [-0.05, 0) is 6.54 Å². The maximum absolute atomic E-state index is 12.5. The van der Waals surface area contributed by atoms with E-state index in [1.165, 1.54) is 0 Å². The van der Waals surface area contributed by atoms with Crippen LogP contribution < -0.4 is 5.73 Å². The van der Waals surface area contributed by atoms with E-state index in [1.54, 1.807) is 11.8 Å². The average molecular weight is 172 g/mol. The summed E-state index contributed by atoms with van der Waals surface area (Å²) >= 11 is 1.66. The highest BCUT2D eigenvalue weighted by Gasteiger charge is 2.25. The van der Waals surface area contributed by atoms with Gasteiger partial charge in [-0.1, -0.05) is 0 Å². The van der Waals surface area contributed by atoms with Gasteiger partial charge in [0.25, 0.3) is 0 Å². The lowest BCUT2D eigenvalue weighted by Gasteiger charge is -2.05. The van der Waals surface area contributed by atoms with Crippen LogP contribution in [0.5, 0.6) is 0 Å². The molecule has 1 rings (SSSR count). The molecule has 0 saturated carbocycles. The van der Waals surface area contributed by atoms with E-state index in [0.717, 1.165) is 5.75 Å². The third-order valence-corrected chi connectivity index (χ3v) is 2.64. The van der Waals surface area contributed by atoms with Crippen LogP contribution in [0, 0.1) is 5.92 Å². The second-order valence-corrected chi connectivity index (χ2v) is 3.12. The number of nitrogens with two attached hydrogens (primary N) is 1. The lowest BCUT2D eigenvalue weighted by molar-refractivity contribution is 0.290. The van der Waals surface area contributed by atoms with Gasteiger partial charge in [0, 0.05) is 17.4 Å². The van der Waals surface area contributed by atoms with Crippen molar-refractivity contribution in [1.29, 1.82) is 0 Å². The summed E-state index contributed by atoms with van der Waals surface area (Å²) in [5.74, 6) is 1.71. The maximum atomic E-state index is 12.5. The highest BCUT2D eigenvalue weighted by molar-refractivity contribution is 7.99. The molecule has 0 aromatic carbocycles. The SMILES string of the molecule is Cl.NCC1CSCC1F. The molecule has 1 fully saturated rings. The van der Waals surface area contributed by atoms with Crippen LogP contribution in [0.25, 0.3) is 0 Å². The minimum absolute atomic E-state index is 0. The highest BCUT2D eigenvalue weighted by Crippen LogP contribution is 2.25. The van der Waals surface area contributed by atoms with Crippen molar-refractivity contribution in [3.63, 3.8) is 0 Å². The van der Waals surface area contributed by atoms with Gasteiger partial charge in [0.05, 0.1) is 0 Å². The molecule has 2 unspecified atom stereocenters. The zero-order valence-corrected chi connectivity index (χ0v) is 6.68. The van der Waals surface area contributed by atoms with Crippen molar-refractivity contribution in [3.05, 3.63) is 0 Å². The van der Waals surface area contributed by atoms with Gasteiger partial charge in [0.2, 0.25) is 0 Å². The fourth-order valence-corrected chi connectivity index (χ4v) is 2.07. The topological polar surface area (TPSA) is 26.0 Å². The summed E-state index contributed by atoms with van der Waals surface area (Å²) in [7, 11) is 0. The van der Waals surface area contributed by atoms with E-state index in [9.17, 15) is 4.39 Å². The molecule has 0 bridgehead atoms. The molecule has 0 amide bonds. The molecule has 2 atom stereocenters. The Bertz CT molecular complexity index is 83.4. The lowest BCUT2D eigenvalue weighted by Crippen LogP contribution is -2.22. The van der Waals surface area contributed by atoms with E-state index in [2.05, 4.69) is 0 Å². The number of alkyl halides is 1. The van der Waals surface area contributed by atoms with Crippen LogP contribution in [0.2, 0.25) is 0 Å². The Labute approximate surface area is 65.0 Å². The normalized spacial score (nSPS) is 34.0. The Balaban J connectivity index is 0.000000640. The van der Waals surface area contributed by atoms with Gasteiger partial charge in [-0.25, -0.2) is 4.39 Å². The standard InChI is InChI=1S/C5H10FNS.ClH/c6-5-3-8-2-4(5)1-7;/h4-5H,1-3,7H2;1H. The van der Waals surface area contributed by atoms with Crippen LogP contribution in [-0.2, 0) is 0 Å². The third kappa shape index (κ3) is 2.32. The number of hydrogen-bond donors (Lipinski definition) is 1. The second kappa shape index (κ2) is 4.36. The molecule has 56 valence electrons. The quantitative estimate of drug-likeness (QED) is 0.639. The summed E-state index contributed by atoms with van der Waals surface area (Å²) in [6.07, 6.45) is -0.634. The van der Waals surface area contributed by atoms with Crippen LogP contribution in [0.1, 0.15) is 0 Å². The molecular weight excluding hydrogens is 161 g/mol. The lowest BCUT2D eigenvalue weighted by atomic mass is 10.1. The molecule has 0 aliphatic carbocycles. The van der Waals surface area contributed by atoms with E-state index in [-0.39, 0.29) is 18.3 Å². The third-order valence-electron chi connectivity index (χ3n) is 1.42. The monoisotopic (exact) mass is 171 g/mol. The molecule has 0 radical (unpaired) electrons.